The van der Waals surface area contributed by atoms with Crippen LogP contribution >= 0.6 is 23.2 Å². The standard InChI is InChI=1S/C14H9Cl2FO3/c15-8-4-5-13(18)9(6-8)14(19)20-7-10-11(16)2-1-3-12(10)17/h1-6,18H,7H2. The maximum atomic E-state index is 13.5. The third-order valence-electron chi connectivity index (χ3n) is 2.59. The maximum absolute atomic E-state index is 13.5. The van der Waals surface area contributed by atoms with Crippen molar-refractivity contribution in [3.05, 3.63) is 63.4 Å². The lowest BCUT2D eigenvalue weighted by molar-refractivity contribution is 0.0466. The van der Waals surface area contributed by atoms with Crippen LogP contribution in [0.4, 0.5) is 4.39 Å². The summed E-state index contributed by atoms with van der Waals surface area (Å²) < 4.78 is 18.4. The highest BCUT2D eigenvalue weighted by atomic mass is 35.5. The molecule has 0 fully saturated rings. The number of hydrogen-bond acceptors (Lipinski definition) is 3. The molecule has 0 aromatic heterocycles. The Labute approximate surface area is 124 Å². The second-order valence-corrected chi connectivity index (χ2v) is 4.78. The average Bonchev–Trinajstić information content (AvgIpc) is 2.40. The van der Waals surface area contributed by atoms with Crippen molar-refractivity contribution >= 4 is 29.2 Å². The first-order chi connectivity index (χ1) is 9.49. The molecule has 0 radical (unpaired) electrons. The molecule has 6 heteroatoms. The van der Waals surface area contributed by atoms with E-state index in [1.165, 1.54) is 36.4 Å². The van der Waals surface area contributed by atoms with Gasteiger partial charge in [0.15, 0.2) is 0 Å². The van der Waals surface area contributed by atoms with Gasteiger partial charge in [-0.25, -0.2) is 9.18 Å². The fourth-order valence-electron chi connectivity index (χ4n) is 1.56. The Kier molecular flexibility index (Phi) is 4.47. The molecule has 0 aliphatic heterocycles. The van der Waals surface area contributed by atoms with E-state index in [1.807, 2.05) is 0 Å². The highest BCUT2D eigenvalue weighted by Crippen LogP contribution is 2.24. The molecule has 20 heavy (non-hydrogen) atoms. The minimum absolute atomic E-state index is 0.0732. The molecule has 0 aliphatic rings. The van der Waals surface area contributed by atoms with E-state index in [2.05, 4.69) is 0 Å². The van der Waals surface area contributed by atoms with Gasteiger partial charge in [-0.3, -0.25) is 0 Å². The Morgan fingerprint density at radius 3 is 2.70 bits per heavy atom. The molecule has 0 aliphatic carbocycles. The van der Waals surface area contributed by atoms with Gasteiger partial charge < -0.3 is 9.84 Å². The van der Waals surface area contributed by atoms with E-state index in [-0.39, 0.29) is 33.5 Å². The van der Waals surface area contributed by atoms with E-state index in [9.17, 15) is 14.3 Å². The molecular weight excluding hydrogens is 306 g/mol. The fraction of sp³-hybridized carbons (Fsp3) is 0.0714. The molecule has 0 amide bonds. The van der Waals surface area contributed by atoms with Gasteiger partial charge in [0.2, 0.25) is 0 Å². The number of hydrogen-bond donors (Lipinski definition) is 1. The van der Waals surface area contributed by atoms with Crippen LogP contribution in [0.25, 0.3) is 0 Å². The largest absolute Gasteiger partial charge is 0.507 e. The topological polar surface area (TPSA) is 46.5 Å². The summed E-state index contributed by atoms with van der Waals surface area (Å²) >= 11 is 11.5. The van der Waals surface area contributed by atoms with Crippen molar-refractivity contribution < 1.29 is 19.0 Å². The summed E-state index contributed by atoms with van der Waals surface area (Å²) in [6.45, 7) is -0.337. The van der Waals surface area contributed by atoms with Crippen LogP contribution < -0.4 is 0 Å². The molecule has 0 atom stereocenters. The first kappa shape index (κ1) is 14.6. The summed E-state index contributed by atoms with van der Waals surface area (Å²) in [7, 11) is 0. The number of phenolic OH excluding ortho intramolecular Hbond substituents is 1. The molecule has 3 nitrogen and oxygen atoms in total. The lowest BCUT2D eigenvalue weighted by Gasteiger charge is -2.08. The molecule has 0 unspecified atom stereocenters. The van der Waals surface area contributed by atoms with Gasteiger partial charge in [0, 0.05) is 10.6 Å². The Balaban J connectivity index is 2.15. The zero-order valence-electron chi connectivity index (χ0n) is 10.1. The van der Waals surface area contributed by atoms with E-state index in [0.29, 0.717) is 0 Å². The molecule has 0 heterocycles. The first-order valence-corrected chi connectivity index (χ1v) is 6.33. The second kappa shape index (κ2) is 6.11. The van der Waals surface area contributed by atoms with Crippen LogP contribution in [-0.4, -0.2) is 11.1 Å². The fourth-order valence-corrected chi connectivity index (χ4v) is 1.95. The second-order valence-electron chi connectivity index (χ2n) is 3.94. The Bertz CT molecular complexity index is 639. The SMILES string of the molecule is O=C(OCc1c(F)cccc1Cl)c1cc(Cl)ccc1O. The predicted molar refractivity (Wildman–Crippen MR) is 73.6 cm³/mol. The van der Waals surface area contributed by atoms with Crippen molar-refractivity contribution in [3.8, 4) is 5.75 Å². The quantitative estimate of drug-likeness (QED) is 0.864. The lowest BCUT2D eigenvalue weighted by Crippen LogP contribution is -2.07. The molecule has 104 valence electrons. The Hall–Kier alpha value is -1.78. The summed E-state index contributed by atoms with van der Waals surface area (Å²) in [5.74, 6) is -1.65. The molecule has 0 spiro atoms. The summed E-state index contributed by atoms with van der Waals surface area (Å²) in [5, 5.41) is 9.99. The van der Waals surface area contributed by atoms with Gasteiger partial charge in [0.25, 0.3) is 0 Å². The van der Waals surface area contributed by atoms with Crippen LogP contribution in [0.1, 0.15) is 15.9 Å². The number of benzene rings is 2. The van der Waals surface area contributed by atoms with Gasteiger partial charge in [0.1, 0.15) is 23.7 Å². The molecular formula is C14H9Cl2FO3. The predicted octanol–water partition coefficient (Wildman–Crippen LogP) is 4.20. The first-order valence-electron chi connectivity index (χ1n) is 5.57. The van der Waals surface area contributed by atoms with Gasteiger partial charge in [-0.05, 0) is 30.3 Å². The average molecular weight is 315 g/mol. The highest BCUT2D eigenvalue weighted by Gasteiger charge is 2.15. The van der Waals surface area contributed by atoms with E-state index in [4.69, 9.17) is 27.9 Å². The smallest absolute Gasteiger partial charge is 0.342 e. The zero-order chi connectivity index (χ0) is 14.7. The third kappa shape index (κ3) is 3.21. The highest BCUT2D eigenvalue weighted by molar-refractivity contribution is 6.31. The number of ether oxygens (including phenoxy) is 1. The van der Waals surface area contributed by atoms with E-state index >= 15 is 0 Å². The van der Waals surface area contributed by atoms with E-state index in [1.54, 1.807) is 0 Å². The van der Waals surface area contributed by atoms with E-state index in [0.717, 1.165) is 0 Å². The van der Waals surface area contributed by atoms with Crippen LogP contribution in [0.5, 0.6) is 5.75 Å². The molecule has 2 rings (SSSR count). The summed E-state index contributed by atoms with van der Waals surface area (Å²) in [5.41, 5.74) is -0.0194. The number of carbonyl (C=O) groups excluding carboxylic acids is 1. The summed E-state index contributed by atoms with van der Waals surface area (Å²) in [6.07, 6.45) is 0. The molecule has 1 N–H and O–H groups in total. The van der Waals surface area contributed by atoms with E-state index < -0.39 is 11.8 Å². The molecule has 2 aromatic rings. The van der Waals surface area contributed by atoms with Gasteiger partial charge in [-0.1, -0.05) is 29.3 Å². The molecule has 0 saturated carbocycles. The van der Waals surface area contributed by atoms with Crippen LogP contribution in [0.3, 0.4) is 0 Å². The number of esters is 1. The van der Waals surface area contributed by atoms with Gasteiger partial charge in [0.05, 0.1) is 5.02 Å². The number of halogens is 3. The van der Waals surface area contributed by atoms with Crippen LogP contribution in [-0.2, 0) is 11.3 Å². The zero-order valence-corrected chi connectivity index (χ0v) is 11.6. The number of phenols is 1. The molecule has 2 aromatic carbocycles. The van der Waals surface area contributed by atoms with Crippen LogP contribution in [0, 0.1) is 5.82 Å². The van der Waals surface area contributed by atoms with Crippen molar-refractivity contribution in [2.45, 2.75) is 6.61 Å². The third-order valence-corrected chi connectivity index (χ3v) is 3.18. The van der Waals surface area contributed by atoms with Crippen LogP contribution in [0.2, 0.25) is 10.0 Å². The van der Waals surface area contributed by atoms with Crippen molar-refractivity contribution in [1.29, 1.82) is 0 Å². The minimum atomic E-state index is -0.815. The number of carbonyl (C=O) groups is 1. The van der Waals surface area contributed by atoms with Crippen molar-refractivity contribution in [2.24, 2.45) is 0 Å². The monoisotopic (exact) mass is 314 g/mol. The minimum Gasteiger partial charge on any atom is -0.507 e. The van der Waals surface area contributed by atoms with Crippen molar-refractivity contribution in [3.63, 3.8) is 0 Å². The molecule has 0 saturated heterocycles. The Morgan fingerprint density at radius 2 is 2.00 bits per heavy atom. The van der Waals surface area contributed by atoms with Crippen molar-refractivity contribution in [2.75, 3.05) is 0 Å². The van der Waals surface area contributed by atoms with Gasteiger partial charge >= 0.3 is 5.97 Å². The lowest BCUT2D eigenvalue weighted by atomic mass is 10.2. The Morgan fingerprint density at radius 1 is 1.25 bits per heavy atom. The normalized spacial score (nSPS) is 10.3. The van der Waals surface area contributed by atoms with Crippen molar-refractivity contribution in [1.82, 2.24) is 0 Å². The summed E-state index contributed by atoms with van der Waals surface area (Å²) in [4.78, 5) is 11.8. The van der Waals surface area contributed by atoms with Gasteiger partial charge in [-0.2, -0.15) is 0 Å². The van der Waals surface area contributed by atoms with Gasteiger partial charge in [-0.15, -0.1) is 0 Å². The number of aromatic hydroxyl groups is 1. The molecule has 0 bridgehead atoms. The van der Waals surface area contributed by atoms with Crippen LogP contribution in [0.15, 0.2) is 36.4 Å². The maximum Gasteiger partial charge on any atom is 0.342 e. The number of rotatable bonds is 3. The summed E-state index contributed by atoms with van der Waals surface area (Å²) in [6, 6.07) is 8.13.